The van der Waals surface area contributed by atoms with Crippen LogP contribution in [0, 0.1) is 13.8 Å². The summed E-state index contributed by atoms with van der Waals surface area (Å²) in [6.07, 6.45) is 0. The summed E-state index contributed by atoms with van der Waals surface area (Å²) < 4.78 is 4.91. The summed E-state index contributed by atoms with van der Waals surface area (Å²) in [6.45, 7) is 5.51. The molecule has 1 atom stereocenters. The van der Waals surface area contributed by atoms with Gasteiger partial charge in [0, 0.05) is 17.0 Å². The number of nitrogens with zero attached hydrogens (tertiary/aromatic N) is 2. The number of nitrogens with one attached hydrogen (secondary N) is 2. The average Bonchev–Trinajstić information content (AvgIpc) is 3.29. The highest BCUT2D eigenvalue weighted by Crippen LogP contribution is 2.25. The summed E-state index contributed by atoms with van der Waals surface area (Å²) in [5, 5.41) is 11.2. The molecule has 0 radical (unpaired) electrons. The van der Waals surface area contributed by atoms with E-state index in [4.69, 9.17) is 4.52 Å². The molecule has 2 heterocycles. The molecule has 2 amide bonds. The van der Waals surface area contributed by atoms with Gasteiger partial charge in [-0.2, -0.15) is 0 Å². The largest absolute Gasteiger partial charge is 0.360 e. The Morgan fingerprint density at radius 2 is 1.96 bits per heavy atom. The normalized spacial score (nSPS) is 11.8. The van der Waals surface area contributed by atoms with Crippen LogP contribution in [-0.4, -0.2) is 33.0 Å². The van der Waals surface area contributed by atoms with Gasteiger partial charge in [-0.15, -0.1) is 23.1 Å². The Bertz CT molecular complexity index is 966. The molecule has 0 saturated carbocycles. The Morgan fingerprint density at radius 3 is 2.64 bits per heavy atom. The van der Waals surface area contributed by atoms with Crippen molar-refractivity contribution in [3.8, 4) is 11.3 Å². The van der Waals surface area contributed by atoms with Crippen molar-refractivity contribution in [2.24, 2.45) is 0 Å². The molecule has 146 valence electrons. The molecule has 0 bridgehead atoms. The molecule has 1 unspecified atom stereocenters. The number of thiazole rings is 1. The third-order valence-corrected chi connectivity index (χ3v) is 5.71. The maximum Gasteiger partial charge on any atom is 0.238 e. The Balaban J connectivity index is 1.47. The standard InChI is InChI=1S/C19H20N4O3S2/c1-11-4-6-14(7-5-11)15-9-28-19(20-15)22-17(24)10-27-13(3)18(25)21-16-8-12(2)26-23-16/h4-9,13H,10H2,1-3H3,(H,20,22,24)(H,21,23,25). The van der Waals surface area contributed by atoms with Gasteiger partial charge < -0.3 is 15.2 Å². The van der Waals surface area contributed by atoms with Gasteiger partial charge in [0.2, 0.25) is 11.8 Å². The van der Waals surface area contributed by atoms with Crippen LogP contribution in [0.5, 0.6) is 0 Å². The van der Waals surface area contributed by atoms with Crippen LogP contribution in [0.15, 0.2) is 40.2 Å². The first-order valence-corrected chi connectivity index (χ1v) is 10.5. The minimum atomic E-state index is -0.415. The number of benzene rings is 1. The van der Waals surface area contributed by atoms with E-state index in [1.165, 1.54) is 28.7 Å². The molecule has 0 fully saturated rings. The van der Waals surface area contributed by atoms with E-state index in [0.29, 0.717) is 16.7 Å². The smallest absolute Gasteiger partial charge is 0.238 e. The predicted octanol–water partition coefficient (Wildman–Crippen LogP) is 4.11. The van der Waals surface area contributed by atoms with Gasteiger partial charge in [-0.05, 0) is 20.8 Å². The monoisotopic (exact) mass is 416 g/mol. The molecular weight excluding hydrogens is 396 g/mol. The van der Waals surface area contributed by atoms with E-state index >= 15 is 0 Å². The van der Waals surface area contributed by atoms with Crippen molar-refractivity contribution in [2.45, 2.75) is 26.0 Å². The van der Waals surface area contributed by atoms with E-state index < -0.39 is 5.25 Å². The van der Waals surface area contributed by atoms with Crippen molar-refractivity contribution in [3.63, 3.8) is 0 Å². The molecule has 3 aromatic rings. The van der Waals surface area contributed by atoms with Gasteiger partial charge in [0.15, 0.2) is 10.9 Å². The van der Waals surface area contributed by atoms with E-state index in [2.05, 4.69) is 20.8 Å². The van der Waals surface area contributed by atoms with Crippen LogP contribution in [0.2, 0.25) is 0 Å². The number of anilines is 2. The van der Waals surface area contributed by atoms with Crippen molar-refractivity contribution in [1.82, 2.24) is 10.1 Å². The topological polar surface area (TPSA) is 97.1 Å². The first-order valence-electron chi connectivity index (χ1n) is 8.59. The van der Waals surface area contributed by atoms with Gasteiger partial charge in [0.25, 0.3) is 0 Å². The number of hydrogen-bond acceptors (Lipinski definition) is 7. The van der Waals surface area contributed by atoms with Crippen molar-refractivity contribution in [2.75, 3.05) is 16.4 Å². The number of carbonyl (C=O) groups excluding carboxylic acids is 2. The molecule has 0 saturated heterocycles. The van der Waals surface area contributed by atoms with Gasteiger partial charge >= 0.3 is 0 Å². The zero-order valence-electron chi connectivity index (χ0n) is 15.7. The molecule has 1 aromatic carbocycles. The quantitative estimate of drug-likeness (QED) is 0.601. The van der Waals surface area contributed by atoms with Crippen LogP contribution in [0.25, 0.3) is 11.3 Å². The average molecular weight is 417 g/mol. The van der Waals surface area contributed by atoms with Crippen molar-refractivity contribution in [1.29, 1.82) is 0 Å². The lowest BCUT2D eigenvalue weighted by atomic mass is 10.1. The summed E-state index contributed by atoms with van der Waals surface area (Å²) >= 11 is 2.61. The second-order valence-electron chi connectivity index (χ2n) is 6.22. The highest BCUT2D eigenvalue weighted by molar-refractivity contribution is 8.01. The van der Waals surface area contributed by atoms with Gasteiger partial charge in [0.05, 0.1) is 16.7 Å². The number of carbonyl (C=O) groups is 2. The molecule has 0 spiro atoms. The molecule has 9 heteroatoms. The summed E-state index contributed by atoms with van der Waals surface area (Å²) in [6, 6.07) is 9.69. The number of amides is 2. The Hall–Kier alpha value is -2.65. The van der Waals surface area contributed by atoms with Gasteiger partial charge in [-0.3, -0.25) is 9.59 Å². The molecule has 2 aromatic heterocycles. The summed E-state index contributed by atoms with van der Waals surface area (Å²) in [7, 11) is 0. The van der Waals surface area contributed by atoms with Crippen LogP contribution in [0.1, 0.15) is 18.2 Å². The number of thioether (sulfide) groups is 1. The SMILES string of the molecule is Cc1ccc(-c2csc(NC(=O)CSC(C)C(=O)Nc3cc(C)on3)n2)cc1. The summed E-state index contributed by atoms with van der Waals surface area (Å²) in [4.78, 5) is 28.7. The fraction of sp³-hybridized carbons (Fsp3) is 0.263. The van der Waals surface area contributed by atoms with E-state index in [9.17, 15) is 9.59 Å². The highest BCUT2D eigenvalue weighted by Gasteiger charge is 2.17. The fourth-order valence-corrected chi connectivity index (χ4v) is 3.69. The third kappa shape index (κ3) is 5.43. The Kier molecular flexibility index (Phi) is 6.48. The lowest BCUT2D eigenvalue weighted by Crippen LogP contribution is -2.25. The number of rotatable bonds is 7. The van der Waals surface area contributed by atoms with Crippen molar-refractivity contribution in [3.05, 3.63) is 47.0 Å². The number of aromatic nitrogens is 2. The van der Waals surface area contributed by atoms with E-state index in [1.54, 1.807) is 19.9 Å². The highest BCUT2D eigenvalue weighted by atomic mass is 32.2. The number of aryl methyl sites for hydroxylation is 2. The van der Waals surface area contributed by atoms with Crippen molar-refractivity contribution >= 4 is 45.9 Å². The fourth-order valence-electron chi connectivity index (χ4n) is 2.27. The first kappa shape index (κ1) is 20.1. The molecule has 0 aliphatic carbocycles. The van der Waals surface area contributed by atoms with Crippen molar-refractivity contribution < 1.29 is 14.1 Å². The van der Waals surface area contributed by atoms with Gasteiger partial charge in [-0.25, -0.2) is 4.98 Å². The molecule has 3 rings (SSSR count). The summed E-state index contributed by atoms with van der Waals surface area (Å²) in [5.41, 5.74) is 3.01. The minimum absolute atomic E-state index is 0.145. The lowest BCUT2D eigenvalue weighted by molar-refractivity contribution is -0.115. The molecule has 2 N–H and O–H groups in total. The van der Waals surface area contributed by atoms with Crippen LogP contribution in [0.4, 0.5) is 10.9 Å². The maximum atomic E-state index is 12.2. The van der Waals surface area contributed by atoms with Crippen LogP contribution in [-0.2, 0) is 9.59 Å². The Morgan fingerprint density at radius 1 is 1.21 bits per heavy atom. The molecule has 0 aliphatic heterocycles. The minimum Gasteiger partial charge on any atom is -0.360 e. The van der Waals surface area contributed by atoms with Crippen LogP contribution in [0.3, 0.4) is 0 Å². The zero-order valence-corrected chi connectivity index (χ0v) is 17.3. The lowest BCUT2D eigenvalue weighted by Gasteiger charge is -2.09. The predicted molar refractivity (Wildman–Crippen MR) is 113 cm³/mol. The van der Waals surface area contributed by atoms with E-state index in [1.807, 2.05) is 36.6 Å². The van der Waals surface area contributed by atoms with Crippen LogP contribution >= 0.6 is 23.1 Å². The molecular formula is C19H20N4O3S2. The molecule has 0 aliphatic rings. The maximum absolute atomic E-state index is 12.2. The molecule has 7 nitrogen and oxygen atoms in total. The van der Waals surface area contributed by atoms with Gasteiger partial charge in [-0.1, -0.05) is 35.0 Å². The zero-order chi connectivity index (χ0) is 20.1. The number of hydrogen-bond donors (Lipinski definition) is 2. The second-order valence-corrected chi connectivity index (χ2v) is 8.40. The van der Waals surface area contributed by atoms with E-state index in [0.717, 1.165) is 11.3 Å². The second kappa shape index (κ2) is 9.03. The van der Waals surface area contributed by atoms with Crippen LogP contribution < -0.4 is 10.6 Å². The van der Waals surface area contributed by atoms with E-state index in [-0.39, 0.29) is 17.6 Å². The van der Waals surface area contributed by atoms with Gasteiger partial charge in [0.1, 0.15) is 5.76 Å². The molecule has 28 heavy (non-hydrogen) atoms. The first-order chi connectivity index (χ1) is 13.4. The summed E-state index contributed by atoms with van der Waals surface area (Å²) in [5.74, 6) is 0.689. The third-order valence-electron chi connectivity index (χ3n) is 3.81. The Labute approximate surface area is 170 Å².